The maximum absolute atomic E-state index is 5.26. The van der Waals surface area contributed by atoms with Gasteiger partial charge in [-0.15, -0.1) is 0 Å². The van der Waals surface area contributed by atoms with Crippen molar-refractivity contribution >= 4 is 15.9 Å². The molecule has 3 heteroatoms. The van der Waals surface area contributed by atoms with E-state index < -0.39 is 0 Å². The van der Waals surface area contributed by atoms with Crippen molar-refractivity contribution in [2.24, 2.45) is 0 Å². The number of rotatable bonds is 1. The first-order valence-electron chi connectivity index (χ1n) is 2.69. The van der Waals surface area contributed by atoms with Gasteiger partial charge in [0.25, 0.3) is 0 Å². The molecular formula is C5H9BrO2. The van der Waals surface area contributed by atoms with Gasteiger partial charge in [-0.25, -0.2) is 0 Å². The molecule has 8 heavy (non-hydrogen) atoms. The summed E-state index contributed by atoms with van der Waals surface area (Å²) >= 11 is 3.31. The Morgan fingerprint density at radius 2 is 2.38 bits per heavy atom. The molecule has 0 spiro atoms. The van der Waals surface area contributed by atoms with E-state index in [0.29, 0.717) is 0 Å². The van der Waals surface area contributed by atoms with E-state index in [4.69, 9.17) is 9.47 Å². The van der Waals surface area contributed by atoms with Crippen LogP contribution in [0.15, 0.2) is 0 Å². The molecule has 1 unspecified atom stereocenters. The molecule has 0 aromatic heterocycles. The van der Waals surface area contributed by atoms with E-state index in [0.717, 1.165) is 25.2 Å². The first kappa shape index (κ1) is 6.52. The van der Waals surface area contributed by atoms with Gasteiger partial charge < -0.3 is 9.47 Å². The van der Waals surface area contributed by atoms with Crippen molar-refractivity contribution in [2.45, 2.75) is 6.10 Å². The third-order valence-corrected chi connectivity index (χ3v) is 1.78. The fourth-order valence-corrected chi connectivity index (χ4v) is 1.000. The summed E-state index contributed by atoms with van der Waals surface area (Å²) in [6.07, 6.45) is 0.281. The number of alkyl halides is 1. The summed E-state index contributed by atoms with van der Waals surface area (Å²) in [4.78, 5) is 0. The standard InChI is InChI=1S/C5H9BrO2/c6-3-5-4-7-1-2-8-5/h5H,1-4H2. The first-order valence-corrected chi connectivity index (χ1v) is 3.81. The fraction of sp³-hybridized carbons (Fsp3) is 1.00. The van der Waals surface area contributed by atoms with Crippen LogP contribution in [0.1, 0.15) is 0 Å². The maximum atomic E-state index is 5.26. The summed E-state index contributed by atoms with van der Waals surface area (Å²) in [5.74, 6) is 0. The molecule has 0 aliphatic carbocycles. The summed E-state index contributed by atoms with van der Waals surface area (Å²) in [5.41, 5.74) is 0. The number of hydrogen-bond acceptors (Lipinski definition) is 2. The quantitative estimate of drug-likeness (QED) is 0.557. The van der Waals surface area contributed by atoms with Gasteiger partial charge >= 0.3 is 0 Å². The molecule has 48 valence electrons. The lowest BCUT2D eigenvalue weighted by molar-refractivity contribution is -0.0771. The van der Waals surface area contributed by atoms with Gasteiger partial charge in [0.05, 0.1) is 25.9 Å². The molecule has 0 amide bonds. The molecule has 2 nitrogen and oxygen atoms in total. The van der Waals surface area contributed by atoms with Crippen LogP contribution in [0.2, 0.25) is 0 Å². The van der Waals surface area contributed by atoms with E-state index >= 15 is 0 Å². The van der Waals surface area contributed by atoms with Crippen LogP contribution < -0.4 is 0 Å². The summed E-state index contributed by atoms with van der Waals surface area (Å²) in [6.45, 7) is 2.24. The minimum absolute atomic E-state index is 0.281. The van der Waals surface area contributed by atoms with Crippen molar-refractivity contribution < 1.29 is 9.47 Å². The Labute approximate surface area is 57.3 Å². The molecule has 1 atom stereocenters. The molecule has 1 fully saturated rings. The van der Waals surface area contributed by atoms with E-state index in [1.165, 1.54) is 0 Å². The van der Waals surface area contributed by atoms with E-state index in [9.17, 15) is 0 Å². The van der Waals surface area contributed by atoms with Gasteiger partial charge in [-0.3, -0.25) is 0 Å². The van der Waals surface area contributed by atoms with E-state index in [2.05, 4.69) is 15.9 Å². The topological polar surface area (TPSA) is 18.5 Å². The molecule has 1 heterocycles. The van der Waals surface area contributed by atoms with E-state index in [1.54, 1.807) is 0 Å². The van der Waals surface area contributed by atoms with Crippen LogP contribution >= 0.6 is 15.9 Å². The summed E-state index contributed by atoms with van der Waals surface area (Å²) in [5, 5.41) is 0.882. The zero-order chi connectivity index (χ0) is 5.82. The lowest BCUT2D eigenvalue weighted by atomic mass is 10.4. The Morgan fingerprint density at radius 3 is 2.75 bits per heavy atom. The van der Waals surface area contributed by atoms with Gasteiger partial charge in [-0.1, -0.05) is 15.9 Å². The number of halogens is 1. The molecule has 0 radical (unpaired) electrons. The van der Waals surface area contributed by atoms with Crippen LogP contribution in [0.25, 0.3) is 0 Å². The molecule has 1 aliphatic rings. The van der Waals surface area contributed by atoms with Gasteiger partial charge in [0.1, 0.15) is 0 Å². The zero-order valence-corrected chi connectivity index (χ0v) is 6.19. The van der Waals surface area contributed by atoms with Crippen LogP contribution in [-0.2, 0) is 9.47 Å². The van der Waals surface area contributed by atoms with Crippen LogP contribution in [0.5, 0.6) is 0 Å². The highest BCUT2D eigenvalue weighted by molar-refractivity contribution is 9.09. The minimum Gasteiger partial charge on any atom is -0.376 e. The Morgan fingerprint density at radius 1 is 1.50 bits per heavy atom. The van der Waals surface area contributed by atoms with Gasteiger partial charge in [0.15, 0.2) is 0 Å². The van der Waals surface area contributed by atoms with Crippen molar-refractivity contribution in [1.29, 1.82) is 0 Å². The predicted molar refractivity (Wildman–Crippen MR) is 34.4 cm³/mol. The molecule has 0 aromatic rings. The molecule has 0 saturated carbocycles. The highest BCUT2D eigenvalue weighted by atomic mass is 79.9. The van der Waals surface area contributed by atoms with Crippen molar-refractivity contribution in [3.05, 3.63) is 0 Å². The second-order valence-corrected chi connectivity index (χ2v) is 2.37. The van der Waals surface area contributed by atoms with Crippen molar-refractivity contribution in [1.82, 2.24) is 0 Å². The van der Waals surface area contributed by atoms with E-state index in [1.807, 2.05) is 0 Å². The highest BCUT2D eigenvalue weighted by Crippen LogP contribution is 2.02. The van der Waals surface area contributed by atoms with Crippen molar-refractivity contribution in [3.63, 3.8) is 0 Å². The molecule has 0 N–H and O–H groups in total. The third-order valence-electron chi connectivity index (χ3n) is 1.06. The van der Waals surface area contributed by atoms with Gasteiger partial charge in [-0.2, -0.15) is 0 Å². The lowest BCUT2D eigenvalue weighted by Gasteiger charge is -2.20. The molecular weight excluding hydrogens is 172 g/mol. The summed E-state index contributed by atoms with van der Waals surface area (Å²) < 4.78 is 10.4. The Hall–Kier alpha value is 0.400. The minimum atomic E-state index is 0.281. The smallest absolute Gasteiger partial charge is 0.0906 e. The summed E-state index contributed by atoms with van der Waals surface area (Å²) in [7, 11) is 0. The third kappa shape index (κ3) is 1.73. The number of ether oxygens (including phenoxy) is 2. The largest absolute Gasteiger partial charge is 0.376 e. The highest BCUT2D eigenvalue weighted by Gasteiger charge is 2.11. The molecule has 1 saturated heterocycles. The van der Waals surface area contributed by atoms with Gasteiger partial charge in [0, 0.05) is 5.33 Å². The van der Waals surface area contributed by atoms with Crippen LogP contribution in [0.4, 0.5) is 0 Å². The fourth-order valence-electron chi connectivity index (χ4n) is 0.626. The Bertz CT molecular complexity index is 61.4. The SMILES string of the molecule is BrCC1COCCO1. The van der Waals surface area contributed by atoms with Crippen molar-refractivity contribution in [2.75, 3.05) is 25.2 Å². The van der Waals surface area contributed by atoms with E-state index in [-0.39, 0.29) is 6.10 Å². The first-order chi connectivity index (χ1) is 3.93. The molecule has 1 aliphatic heterocycles. The average molecular weight is 181 g/mol. The Kier molecular flexibility index (Phi) is 2.80. The molecule has 1 rings (SSSR count). The maximum Gasteiger partial charge on any atom is 0.0906 e. The van der Waals surface area contributed by atoms with Crippen LogP contribution in [0.3, 0.4) is 0 Å². The monoisotopic (exact) mass is 180 g/mol. The average Bonchev–Trinajstić information content (AvgIpc) is 1.90. The van der Waals surface area contributed by atoms with Crippen LogP contribution in [0, 0.1) is 0 Å². The van der Waals surface area contributed by atoms with Crippen molar-refractivity contribution in [3.8, 4) is 0 Å². The Balaban J connectivity index is 2.13. The lowest BCUT2D eigenvalue weighted by Crippen LogP contribution is -2.29. The second-order valence-electron chi connectivity index (χ2n) is 1.72. The van der Waals surface area contributed by atoms with Gasteiger partial charge in [0.2, 0.25) is 0 Å². The predicted octanol–water partition coefficient (Wildman–Crippen LogP) is 0.797. The molecule has 0 aromatic carbocycles. The second kappa shape index (κ2) is 3.43. The normalized spacial score (nSPS) is 30.4. The molecule has 0 bridgehead atoms. The summed E-state index contributed by atoms with van der Waals surface area (Å²) in [6, 6.07) is 0. The number of hydrogen-bond donors (Lipinski definition) is 0. The zero-order valence-electron chi connectivity index (χ0n) is 4.60. The van der Waals surface area contributed by atoms with Crippen LogP contribution in [-0.4, -0.2) is 31.3 Å². The van der Waals surface area contributed by atoms with Gasteiger partial charge in [-0.05, 0) is 0 Å².